The Morgan fingerprint density at radius 2 is 2.04 bits per heavy atom. The van der Waals surface area contributed by atoms with Gasteiger partial charge in [0, 0.05) is 11.3 Å². The van der Waals surface area contributed by atoms with E-state index in [-0.39, 0.29) is 6.09 Å². The predicted molar refractivity (Wildman–Crippen MR) is 96.7 cm³/mol. The van der Waals surface area contributed by atoms with Gasteiger partial charge in [-0.2, -0.15) is 4.98 Å². The summed E-state index contributed by atoms with van der Waals surface area (Å²) in [5, 5.41) is 4.39. The molecule has 3 heterocycles. The first kappa shape index (κ1) is 17.3. The van der Waals surface area contributed by atoms with Crippen molar-refractivity contribution in [1.29, 1.82) is 0 Å². The zero-order chi connectivity index (χ0) is 18.8. The summed E-state index contributed by atoms with van der Waals surface area (Å²) in [5.41, 5.74) is 1.53. The Morgan fingerprint density at radius 3 is 2.70 bits per heavy atom. The molecule has 0 unspecified atom stereocenters. The number of rotatable bonds is 5. The number of hydrogen-bond acceptors (Lipinski definition) is 7. The van der Waals surface area contributed by atoms with Gasteiger partial charge in [0.2, 0.25) is 5.82 Å². The minimum atomic E-state index is -0.451. The van der Waals surface area contributed by atoms with Crippen LogP contribution in [-0.4, -0.2) is 34.4 Å². The van der Waals surface area contributed by atoms with Crippen LogP contribution in [0.1, 0.15) is 18.9 Å². The highest BCUT2D eigenvalue weighted by Crippen LogP contribution is 2.26. The van der Waals surface area contributed by atoms with Crippen molar-refractivity contribution in [3.05, 3.63) is 53.6 Å². The number of carbonyl (C=O) groups excluding carboxylic acids is 1. The van der Waals surface area contributed by atoms with Crippen LogP contribution in [0.4, 0.5) is 10.5 Å². The normalized spacial score (nSPS) is 14.9. The third kappa shape index (κ3) is 3.70. The Morgan fingerprint density at radius 1 is 1.22 bits per heavy atom. The topological polar surface area (TPSA) is 90.6 Å². The summed E-state index contributed by atoms with van der Waals surface area (Å²) >= 11 is 5.76. The Bertz CT molecular complexity index is 943. The van der Waals surface area contributed by atoms with Gasteiger partial charge in [-0.25, -0.2) is 9.78 Å². The summed E-state index contributed by atoms with van der Waals surface area (Å²) in [6.45, 7) is 2.74. The maximum atomic E-state index is 11.6. The van der Waals surface area contributed by atoms with Gasteiger partial charge in [-0.05, 0) is 43.3 Å². The lowest BCUT2D eigenvalue weighted by atomic mass is 10.2. The first-order chi connectivity index (χ1) is 13.1. The molecule has 0 spiro atoms. The standard InChI is InChI=1S/C18H15ClN4O4/c1-11(26-14-6-7-15(19)20-10-14)17-21-16(22-27-17)12-2-4-13(5-3-12)23-8-9-25-18(23)24/h2-7,10-11H,8-9H2,1H3/t11-/m0/s1. The predicted octanol–water partition coefficient (Wildman–Crippen LogP) is 3.88. The zero-order valence-electron chi connectivity index (χ0n) is 14.3. The second kappa shape index (κ2) is 7.24. The number of aromatic nitrogens is 3. The molecule has 1 saturated heterocycles. The molecule has 2 aromatic heterocycles. The first-order valence-corrected chi connectivity index (χ1v) is 8.64. The molecule has 1 aliphatic rings. The van der Waals surface area contributed by atoms with Crippen molar-refractivity contribution >= 4 is 23.4 Å². The van der Waals surface area contributed by atoms with Gasteiger partial charge in [-0.3, -0.25) is 4.90 Å². The molecular weight excluding hydrogens is 372 g/mol. The Labute approximate surface area is 159 Å². The first-order valence-electron chi connectivity index (χ1n) is 8.27. The third-order valence-corrected chi connectivity index (χ3v) is 4.22. The van der Waals surface area contributed by atoms with Gasteiger partial charge in [0.05, 0.1) is 12.7 Å². The second-order valence-electron chi connectivity index (χ2n) is 5.85. The molecule has 0 N–H and O–H groups in total. The third-order valence-electron chi connectivity index (χ3n) is 4.00. The molecule has 1 aliphatic heterocycles. The van der Waals surface area contributed by atoms with E-state index in [0.29, 0.717) is 35.8 Å². The van der Waals surface area contributed by atoms with Gasteiger partial charge in [-0.1, -0.05) is 16.8 Å². The average Bonchev–Trinajstić information content (AvgIpc) is 3.33. The number of benzene rings is 1. The van der Waals surface area contributed by atoms with Crippen LogP contribution in [0.25, 0.3) is 11.4 Å². The molecule has 8 nitrogen and oxygen atoms in total. The fraction of sp³-hybridized carbons (Fsp3) is 0.222. The molecule has 27 heavy (non-hydrogen) atoms. The summed E-state index contributed by atoms with van der Waals surface area (Å²) in [6.07, 6.45) is 0.734. The van der Waals surface area contributed by atoms with E-state index in [9.17, 15) is 4.79 Å². The molecular formula is C18H15ClN4O4. The second-order valence-corrected chi connectivity index (χ2v) is 6.23. The van der Waals surface area contributed by atoms with E-state index in [4.69, 9.17) is 25.6 Å². The van der Waals surface area contributed by atoms with Crippen LogP contribution in [0.5, 0.6) is 5.75 Å². The van der Waals surface area contributed by atoms with E-state index in [1.54, 1.807) is 24.0 Å². The van der Waals surface area contributed by atoms with E-state index in [1.807, 2.05) is 24.3 Å². The van der Waals surface area contributed by atoms with Crippen molar-refractivity contribution in [3.8, 4) is 17.1 Å². The summed E-state index contributed by atoms with van der Waals surface area (Å²) in [5.74, 6) is 1.32. The Hall–Kier alpha value is -3.13. The smallest absolute Gasteiger partial charge is 0.414 e. The number of carbonyl (C=O) groups is 1. The monoisotopic (exact) mass is 386 g/mol. The minimum absolute atomic E-state index is 0.340. The molecule has 1 atom stereocenters. The van der Waals surface area contributed by atoms with Crippen molar-refractivity contribution < 1.29 is 18.8 Å². The maximum absolute atomic E-state index is 11.6. The lowest BCUT2D eigenvalue weighted by Gasteiger charge is -2.12. The van der Waals surface area contributed by atoms with Crippen LogP contribution in [-0.2, 0) is 4.74 Å². The van der Waals surface area contributed by atoms with Crippen LogP contribution >= 0.6 is 11.6 Å². The molecule has 1 amide bonds. The average molecular weight is 387 g/mol. The summed E-state index contributed by atoms with van der Waals surface area (Å²) in [7, 11) is 0. The van der Waals surface area contributed by atoms with Crippen LogP contribution < -0.4 is 9.64 Å². The molecule has 1 aromatic carbocycles. The molecule has 3 aromatic rings. The van der Waals surface area contributed by atoms with Gasteiger partial charge in [0.15, 0.2) is 6.10 Å². The minimum Gasteiger partial charge on any atom is -0.479 e. The fourth-order valence-electron chi connectivity index (χ4n) is 2.62. The Kier molecular flexibility index (Phi) is 4.64. The van der Waals surface area contributed by atoms with Crippen LogP contribution in [0.15, 0.2) is 47.1 Å². The Balaban J connectivity index is 1.47. The van der Waals surface area contributed by atoms with E-state index in [2.05, 4.69) is 15.1 Å². The molecule has 9 heteroatoms. The van der Waals surface area contributed by atoms with Crippen molar-refractivity contribution in [2.45, 2.75) is 13.0 Å². The molecule has 0 radical (unpaired) electrons. The van der Waals surface area contributed by atoms with Crippen molar-refractivity contribution in [3.63, 3.8) is 0 Å². The molecule has 0 aliphatic carbocycles. The number of ether oxygens (including phenoxy) is 2. The molecule has 4 rings (SSSR count). The lowest BCUT2D eigenvalue weighted by molar-refractivity contribution is 0.175. The van der Waals surface area contributed by atoms with Crippen molar-refractivity contribution in [2.24, 2.45) is 0 Å². The van der Waals surface area contributed by atoms with E-state index in [1.165, 1.54) is 6.20 Å². The SMILES string of the molecule is C[C@H](Oc1ccc(Cl)nc1)c1nc(-c2ccc(N3CCOC3=O)cc2)no1. The van der Waals surface area contributed by atoms with Gasteiger partial charge in [-0.15, -0.1) is 0 Å². The number of nitrogens with zero attached hydrogens (tertiary/aromatic N) is 4. The highest BCUT2D eigenvalue weighted by molar-refractivity contribution is 6.29. The van der Waals surface area contributed by atoms with Gasteiger partial charge < -0.3 is 14.0 Å². The molecule has 138 valence electrons. The van der Waals surface area contributed by atoms with Crippen LogP contribution in [0.3, 0.4) is 0 Å². The van der Waals surface area contributed by atoms with Crippen LogP contribution in [0.2, 0.25) is 5.15 Å². The summed E-state index contributed by atoms with van der Waals surface area (Å²) < 4.78 is 16.0. The number of cyclic esters (lactones) is 1. The molecule has 0 bridgehead atoms. The van der Waals surface area contributed by atoms with Crippen LogP contribution in [0, 0.1) is 0 Å². The van der Waals surface area contributed by atoms with Crippen molar-refractivity contribution in [1.82, 2.24) is 15.1 Å². The highest BCUT2D eigenvalue weighted by atomic mass is 35.5. The van der Waals surface area contributed by atoms with Crippen molar-refractivity contribution in [2.75, 3.05) is 18.1 Å². The number of pyridine rings is 1. The maximum Gasteiger partial charge on any atom is 0.414 e. The van der Waals surface area contributed by atoms with Gasteiger partial charge >= 0.3 is 6.09 Å². The quantitative estimate of drug-likeness (QED) is 0.614. The number of anilines is 1. The number of amides is 1. The summed E-state index contributed by atoms with van der Waals surface area (Å²) in [4.78, 5) is 21.5. The summed E-state index contributed by atoms with van der Waals surface area (Å²) in [6, 6.07) is 10.6. The molecule has 1 fully saturated rings. The van der Waals surface area contributed by atoms with Gasteiger partial charge in [0.25, 0.3) is 5.89 Å². The fourth-order valence-corrected chi connectivity index (χ4v) is 2.73. The lowest BCUT2D eigenvalue weighted by Crippen LogP contribution is -2.23. The molecule has 0 saturated carbocycles. The van der Waals surface area contributed by atoms with E-state index >= 15 is 0 Å². The zero-order valence-corrected chi connectivity index (χ0v) is 15.1. The number of halogens is 1. The number of hydrogen-bond donors (Lipinski definition) is 0. The van der Waals surface area contributed by atoms with Gasteiger partial charge in [0.1, 0.15) is 17.5 Å². The van der Waals surface area contributed by atoms with E-state index < -0.39 is 6.10 Å². The van der Waals surface area contributed by atoms with E-state index in [0.717, 1.165) is 11.3 Å². The largest absolute Gasteiger partial charge is 0.479 e. The highest BCUT2D eigenvalue weighted by Gasteiger charge is 2.23.